The van der Waals surface area contributed by atoms with Crippen molar-refractivity contribution in [3.8, 4) is 0 Å². The first-order valence-corrected chi connectivity index (χ1v) is 11.8. The standard InChI is InChI=1S/C27H32BNO7/c1-26(2)27(3,4)36-28(35-26)22(17-29-25(33)34-18-20-8-6-5-7-9-20)16-19-10-12-21(13-11-19)23(30)14-15-24(31)32/h5-13,16H,14-15,17-18H2,1-4H3,(H,29,33)(H,31,32). The number of carbonyl (C=O) groups excluding carboxylic acids is 2. The molecule has 1 aliphatic rings. The molecule has 0 aliphatic carbocycles. The molecule has 0 aromatic heterocycles. The van der Waals surface area contributed by atoms with Crippen LogP contribution in [-0.4, -0.2) is 47.8 Å². The molecule has 1 amide bonds. The van der Waals surface area contributed by atoms with Crippen LogP contribution in [0.15, 0.2) is 60.1 Å². The fourth-order valence-corrected chi connectivity index (χ4v) is 3.49. The van der Waals surface area contributed by atoms with Gasteiger partial charge in [0.2, 0.25) is 0 Å². The zero-order valence-electron chi connectivity index (χ0n) is 21.1. The first kappa shape index (κ1) is 27.2. The Bertz CT molecular complexity index is 1090. The highest BCUT2D eigenvalue weighted by Gasteiger charge is 2.52. The quantitative estimate of drug-likeness (QED) is 0.365. The lowest BCUT2D eigenvalue weighted by Gasteiger charge is -2.32. The van der Waals surface area contributed by atoms with Gasteiger partial charge in [-0.25, -0.2) is 4.79 Å². The van der Waals surface area contributed by atoms with Crippen molar-refractivity contribution in [2.75, 3.05) is 6.54 Å². The van der Waals surface area contributed by atoms with E-state index in [1.807, 2.05) is 64.1 Å². The Kier molecular flexibility index (Phi) is 8.71. The van der Waals surface area contributed by atoms with E-state index in [-0.39, 0.29) is 31.8 Å². The monoisotopic (exact) mass is 493 g/mol. The number of ketones is 1. The minimum Gasteiger partial charge on any atom is -0.481 e. The zero-order valence-corrected chi connectivity index (χ0v) is 21.1. The molecule has 0 radical (unpaired) electrons. The summed E-state index contributed by atoms with van der Waals surface area (Å²) >= 11 is 0. The lowest BCUT2D eigenvalue weighted by molar-refractivity contribution is -0.136. The maximum atomic E-state index is 12.4. The molecule has 3 rings (SSSR count). The molecule has 1 heterocycles. The van der Waals surface area contributed by atoms with E-state index in [1.165, 1.54) is 0 Å². The Hall–Kier alpha value is -3.43. The topological polar surface area (TPSA) is 111 Å². The summed E-state index contributed by atoms with van der Waals surface area (Å²) in [5.74, 6) is -1.24. The summed E-state index contributed by atoms with van der Waals surface area (Å²) < 4.78 is 17.7. The fourth-order valence-electron chi connectivity index (χ4n) is 3.49. The Morgan fingerprint density at radius 3 is 2.14 bits per heavy atom. The summed E-state index contributed by atoms with van der Waals surface area (Å²) in [5, 5.41) is 11.6. The van der Waals surface area contributed by atoms with E-state index < -0.39 is 30.4 Å². The van der Waals surface area contributed by atoms with E-state index >= 15 is 0 Å². The van der Waals surface area contributed by atoms with Crippen LogP contribution >= 0.6 is 0 Å². The normalized spacial score (nSPS) is 16.4. The SMILES string of the molecule is CC1(C)OB(C(=Cc2ccc(C(=O)CCC(=O)O)cc2)CNC(=O)OCc2ccccc2)OC1(C)C. The number of hydrogen-bond donors (Lipinski definition) is 2. The molecule has 1 saturated heterocycles. The van der Waals surface area contributed by atoms with Crippen LogP contribution in [0.5, 0.6) is 0 Å². The van der Waals surface area contributed by atoms with Crippen LogP contribution in [0.4, 0.5) is 4.79 Å². The van der Waals surface area contributed by atoms with Crippen molar-refractivity contribution in [1.29, 1.82) is 0 Å². The van der Waals surface area contributed by atoms with E-state index in [4.69, 9.17) is 19.2 Å². The van der Waals surface area contributed by atoms with Crippen LogP contribution in [0.2, 0.25) is 0 Å². The van der Waals surface area contributed by atoms with E-state index in [0.717, 1.165) is 11.1 Å². The minimum absolute atomic E-state index is 0.0568. The summed E-state index contributed by atoms with van der Waals surface area (Å²) in [6.45, 7) is 8.07. The zero-order chi connectivity index (χ0) is 26.3. The average Bonchev–Trinajstić information content (AvgIpc) is 3.06. The number of amides is 1. The molecule has 0 saturated carbocycles. The third-order valence-corrected chi connectivity index (χ3v) is 6.36. The second kappa shape index (κ2) is 11.5. The Labute approximate surface area is 211 Å². The minimum atomic E-state index is -1.01. The lowest BCUT2D eigenvalue weighted by atomic mass is 9.77. The Morgan fingerprint density at radius 2 is 1.56 bits per heavy atom. The number of carboxylic acid groups (broad SMARTS) is 1. The molecule has 2 aromatic carbocycles. The van der Waals surface area contributed by atoms with Gasteiger partial charge in [-0.3, -0.25) is 9.59 Å². The van der Waals surface area contributed by atoms with Crippen molar-refractivity contribution in [1.82, 2.24) is 5.32 Å². The molecule has 8 nitrogen and oxygen atoms in total. The summed E-state index contributed by atoms with van der Waals surface area (Å²) in [6.07, 6.45) is 1.00. The van der Waals surface area contributed by atoms with Gasteiger partial charge in [-0.1, -0.05) is 60.7 Å². The average molecular weight is 493 g/mol. The maximum Gasteiger partial charge on any atom is 0.492 e. The maximum absolute atomic E-state index is 12.4. The summed E-state index contributed by atoms with van der Waals surface area (Å²) in [6, 6.07) is 16.2. The molecule has 0 spiro atoms. The second-order valence-electron chi connectivity index (χ2n) is 9.66. The van der Waals surface area contributed by atoms with Gasteiger partial charge in [0.25, 0.3) is 0 Å². The highest BCUT2D eigenvalue weighted by atomic mass is 16.7. The number of benzene rings is 2. The molecule has 0 atom stereocenters. The van der Waals surface area contributed by atoms with Gasteiger partial charge >= 0.3 is 19.2 Å². The third-order valence-electron chi connectivity index (χ3n) is 6.36. The van der Waals surface area contributed by atoms with Crippen LogP contribution < -0.4 is 5.32 Å². The molecule has 0 unspecified atom stereocenters. The van der Waals surface area contributed by atoms with E-state index in [0.29, 0.717) is 11.0 Å². The smallest absolute Gasteiger partial charge is 0.481 e. The molecule has 1 fully saturated rings. The molecule has 9 heteroatoms. The van der Waals surface area contributed by atoms with Crippen molar-refractivity contribution in [2.45, 2.75) is 58.3 Å². The van der Waals surface area contributed by atoms with Crippen molar-refractivity contribution in [3.05, 3.63) is 76.8 Å². The molecule has 1 aliphatic heterocycles. The Balaban J connectivity index is 1.72. The van der Waals surface area contributed by atoms with Gasteiger partial charge in [0.15, 0.2) is 5.78 Å². The van der Waals surface area contributed by atoms with Gasteiger partial charge in [0.1, 0.15) is 6.61 Å². The first-order chi connectivity index (χ1) is 17.0. The second-order valence-corrected chi connectivity index (χ2v) is 9.66. The molecule has 36 heavy (non-hydrogen) atoms. The molecule has 2 N–H and O–H groups in total. The third kappa shape index (κ3) is 7.29. The highest BCUT2D eigenvalue weighted by molar-refractivity contribution is 6.56. The number of carbonyl (C=O) groups is 3. The number of nitrogens with one attached hydrogen (secondary N) is 1. The predicted octanol–water partition coefficient (Wildman–Crippen LogP) is 4.68. The van der Waals surface area contributed by atoms with E-state index in [2.05, 4.69) is 5.32 Å². The van der Waals surface area contributed by atoms with Crippen LogP contribution in [0.25, 0.3) is 6.08 Å². The van der Waals surface area contributed by atoms with Crippen molar-refractivity contribution >= 4 is 31.0 Å². The van der Waals surface area contributed by atoms with Crippen LogP contribution in [0.3, 0.4) is 0 Å². The van der Waals surface area contributed by atoms with Gasteiger partial charge in [-0.2, -0.15) is 0 Å². The van der Waals surface area contributed by atoms with Gasteiger partial charge in [-0.15, -0.1) is 0 Å². The summed E-state index contributed by atoms with van der Waals surface area (Å²) in [5.41, 5.74) is 1.64. The largest absolute Gasteiger partial charge is 0.492 e. The number of hydrogen-bond acceptors (Lipinski definition) is 6. The lowest BCUT2D eigenvalue weighted by Crippen LogP contribution is -2.41. The number of aliphatic carboxylic acids is 1. The molecule has 2 aromatic rings. The molecular formula is C27H32BNO7. The van der Waals surface area contributed by atoms with E-state index in [9.17, 15) is 14.4 Å². The predicted molar refractivity (Wildman–Crippen MR) is 136 cm³/mol. The van der Waals surface area contributed by atoms with Crippen molar-refractivity contribution < 1.29 is 33.5 Å². The van der Waals surface area contributed by atoms with Crippen LogP contribution in [-0.2, 0) is 25.4 Å². The van der Waals surface area contributed by atoms with Gasteiger partial charge in [0, 0.05) is 18.5 Å². The van der Waals surface area contributed by atoms with Gasteiger partial charge in [-0.05, 0) is 44.3 Å². The Morgan fingerprint density at radius 1 is 0.944 bits per heavy atom. The van der Waals surface area contributed by atoms with Crippen molar-refractivity contribution in [3.63, 3.8) is 0 Å². The number of ether oxygens (including phenoxy) is 1. The molecule has 190 valence electrons. The fraction of sp³-hybridized carbons (Fsp3) is 0.370. The number of carboxylic acids is 1. The van der Waals surface area contributed by atoms with Gasteiger partial charge < -0.3 is 24.5 Å². The number of rotatable bonds is 10. The first-order valence-electron chi connectivity index (χ1n) is 11.8. The number of Topliss-reactive ketones (excluding diaryl/α,β-unsaturated/α-hetero) is 1. The van der Waals surface area contributed by atoms with Crippen LogP contribution in [0.1, 0.15) is 62.0 Å². The molecule has 0 bridgehead atoms. The highest BCUT2D eigenvalue weighted by Crippen LogP contribution is 2.38. The summed E-state index contributed by atoms with van der Waals surface area (Å²) in [7, 11) is -0.693. The van der Waals surface area contributed by atoms with Crippen molar-refractivity contribution in [2.24, 2.45) is 0 Å². The molecular weight excluding hydrogens is 461 g/mol. The number of alkyl carbamates (subject to hydrolysis) is 1. The summed E-state index contributed by atoms with van der Waals surface area (Å²) in [4.78, 5) is 35.3. The van der Waals surface area contributed by atoms with E-state index in [1.54, 1.807) is 24.3 Å². The van der Waals surface area contributed by atoms with Crippen LogP contribution in [0, 0.1) is 0 Å². The van der Waals surface area contributed by atoms with Gasteiger partial charge in [0.05, 0.1) is 17.6 Å².